The van der Waals surface area contributed by atoms with Gasteiger partial charge in [0.15, 0.2) is 0 Å². The lowest BCUT2D eigenvalue weighted by molar-refractivity contribution is -0.127. The van der Waals surface area contributed by atoms with Crippen molar-refractivity contribution >= 4 is 17.5 Å². The minimum absolute atomic E-state index is 0.0566. The number of rotatable bonds is 5. The minimum atomic E-state index is -0.520. The zero-order chi connectivity index (χ0) is 16.3. The van der Waals surface area contributed by atoms with Crippen LogP contribution >= 0.6 is 0 Å². The Balaban J connectivity index is 2.09. The van der Waals surface area contributed by atoms with Gasteiger partial charge in [-0.3, -0.25) is 9.59 Å². The Morgan fingerprint density at radius 1 is 1.55 bits per heavy atom. The van der Waals surface area contributed by atoms with Crippen LogP contribution in [0.3, 0.4) is 0 Å². The number of hydrogen-bond acceptors (Lipinski definition) is 3. The molecule has 0 aromatic heterocycles. The zero-order valence-corrected chi connectivity index (χ0v) is 12.8. The number of carbonyl (C=O) groups is 2. The van der Waals surface area contributed by atoms with Gasteiger partial charge in [-0.25, -0.2) is 4.39 Å². The van der Waals surface area contributed by atoms with Crippen molar-refractivity contribution in [3.8, 4) is 0 Å². The Hall–Kier alpha value is -1.95. The Kier molecular flexibility index (Phi) is 5.13. The van der Waals surface area contributed by atoms with E-state index in [2.05, 4.69) is 5.32 Å². The molecular weight excluding hydrogens is 287 g/mol. The fraction of sp³-hybridized carbons (Fsp3) is 0.500. The highest BCUT2D eigenvalue weighted by Crippen LogP contribution is 2.28. The van der Waals surface area contributed by atoms with Crippen molar-refractivity contribution in [2.75, 3.05) is 18.1 Å². The van der Waals surface area contributed by atoms with Crippen molar-refractivity contribution in [1.82, 2.24) is 5.32 Å². The first-order valence-corrected chi connectivity index (χ1v) is 7.44. The van der Waals surface area contributed by atoms with E-state index in [0.717, 1.165) is 5.56 Å². The van der Waals surface area contributed by atoms with Crippen LogP contribution < -0.4 is 10.2 Å². The van der Waals surface area contributed by atoms with Crippen molar-refractivity contribution in [3.63, 3.8) is 0 Å². The summed E-state index contributed by atoms with van der Waals surface area (Å²) >= 11 is 0. The molecule has 2 N–H and O–H groups in total. The Labute approximate surface area is 129 Å². The van der Waals surface area contributed by atoms with Gasteiger partial charge in [-0.15, -0.1) is 0 Å². The third-order valence-corrected chi connectivity index (χ3v) is 3.95. The maximum Gasteiger partial charge on any atom is 0.227 e. The van der Waals surface area contributed by atoms with Crippen LogP contribution in [0, 0.1) is 18.7 Å². The van der Waals surface area contributed by atoms with E-state index in [0.29, 0.717) is 6.42 Å². The summed E-state index contributed by atoms with van der Waals surface area (Å²) in [6.07, 6.45) is 0.667. The lowest BCUT2D eigenvalue weighted by Crippen LogP contribution is -2.41. The van der Waals surface area contributed by atoms with Gasteiger partial charge in [0.05, 0.1) is 24.3 Å². The average molecular weight is 308 g/mol. The quantitative estimate of drug-likeness (QED) is 0.863. The fourth-order valence-corrected chi connectivity index (χ4v) is 2.54. The van der Waals surface area contributed by atoms with E-state index in [1.807, 2.05) is 6.92 Å². The van der Waals surface area contributed by atoms with E-state index < -0.39 is 11.7 Å². The van der Waals surface area contributed by atoms with Crippen molar-refractivity contribution < 1.29 is 19.1 Å². The maximum atomic E-state index is 14.0. The van der Waals surface area contributed by atoms with Gasteiger partial charge in [0, 0.05) is 13.0 Å². The van der Waals surface area contributed by atoms with Crippen molar-refractivity contribution in [3.05, 3.63) is 29.6 Å². The maximum absolute atomic E-state index is 14.0. The molecule has 2 amide bonds. The lowest BCUT2D eigenvalue weighted by atomic mass is 10.1. The van der Waals surface area contributed by atoms with Crippen molar-refractivity contribution in [2.24, 2.45) is 5.92 Å². The fourth-order valence-electron chi connectivity index (χ4n) is 2.54. The molecule has 2 atom stereocenters. The number of aliphatic hydroxyl groups is 1. The first-order chi connectivity index (χ1) is 10.5. The van der Waals surface area contributed by atoms with E-state index in [1.54, 1.807) is 19.1 Å². The number of benzene rings is 1. The van der Waals surface area contributed by atoms with E-state index in [9.17, 15) is 14.0 Å². The Morgan fingerprint density at radius 3 is 2.86 bits per heavy atom. The van der Waals surface area contributed by atoms with Crippen LogP contribution in [0.4, 0.5) is 10.1 Å². The lowest BCUT2D eigenvalue weighted by Gasteiger charge is -2.19. The molecule has 5 nitrogen and oxygen atoms in total. The molecule has 22 heavy (non-hydrogen) atoms. The second-order valence-corrected chi connectivity index (χ2v) is 5.66. The largest absolute Gasteiger partial charge is 0.394 e. The molecule has 6 heteroatoms. The molecule has 120 valence electrons. The molecule has 0 bridgehead atoms. The molecule has 2 rings (SSSR count). The van der Waals surface area contributed by atoms with Crippen LogP contribution in [0.2, 0.25) is 0 Å². The predicted octanol–water partition coefficient (Wildman–Crippen LogP) is 1.37. The first-order valence-electron chi connectivity index (χ1n) is 7.44. The van der Waals surface area contributed by atoms with Crippen LogP contribution in [0.25, 0.3) is 0 Å². The summed E-state index contributed by atoms with van der Waals surface area (Å²) in [5, 5.41) is 11.8. The van der Waals surface area contributed by atoms with Gasteiger partial charge in [-0.1, -0.05) is 13.0 Å². The van der Waals surface area contributed by atoms with Gasteiger partial charge < -0.3 is 15.3 Å². The standard InChI is InChI=1S/C16H21FN2O3/c1-3-12(9-20)18-16(22)11-7-15(21)19(8-11)14-5-4-10(2)6-13(14)17/h4-6,11-12,20H,3,7-9H2,1-2H3,(H,18,22). The van der Waals surface area contributed by atoms with Crippen molar-refractivity contribution in [2.45, 2.75) is 32.7 Å². The van der Waals surface area contributed by atoms with E-state index in [1.165, 1.54) is 11.0 Å². The van der Waals surface area contributed by atoms with E-state index >= 15 is 0 Å². The zero-order valence-electron chi connectivity index (χ0n) is 12.8. The van der Waals surface area contributed by atoms with Gasteiger partial charge >= 0.3 is 0 Å². The summed E-state index contributed by atoms with van der Waals surface area (Å²) in [6.45, 7) is 3.65. The van der Waals surface area contributed by atoms with Crippen LogP contribution in [-0.4, -0.2) is 36.1 Å². The molecule has 1 aromatic rings. The third-order valence-electron chi connectivity index (χ3n) is 3.95. The number of halogens is 1. The van der Waals surface area contributed by atoms with E-state index in [-0.39, 0.29) is 43.1 Å². The van der Waals surface area contributed by atoms with Gasteiger partial charge in [-0.2, -0.15) is 0 Å². The molecular formula is C16H21FN2O3. The van der Waals surface area contributed by atoms with Gasteiger partial charge in [0.2, 0.25) is 11.8 Å². The number of amides is 2. The normalized spacial score (nSPS) is 19.4. The second-order valence-electron chi connectivity index (χ2n) is 5.66. The molecule has 1 aromatic carbocycles. The smallest absolute Gasteiger partial charge is 0.227 e. The number of aliphatic hydroxyl groups excluding tert-OH is 1. The van der Waals surface area contributed by atoms with Crippen LogP contribution in [0.5, 0.6) is 0 Å². The van der Waals surface area contributed by atoms with Gasteiger partial charge in [-0.05, 0) is 31.0 Å². The van der Waals surface area contributed by atoms with Crippen LogP contribution in [0.1, 0.15) is 25.3 Å². The van der Waals surface area contributed by atoms with Crippen molar-refractivity contribution in [1.29, 1.82) is 0 Å². The topological polar surface area (TPSA) is 69.6 Å². The highest BCUT2D eigenvalue weighted by atomic mass is 19.1. The molecule has 0 radical (unpaired) electrons. The summed E-state index contributed by atoms with van der Waals surface area (Å²) in [4.78, 5) is 25.5. The molecule has 1 fully saturated rings. The molecule has 0 spiro atoms. The molecule has 1 saturated heterocycles. The van der Waals surface area contributed by atoms with Gasteiger partial charge in [0.1, 0.15) is 5.82 Å². The second kappa shape index (κ2) is 6.87. The minimum Gasteiger partial charge on any atom is -0.394 e. The monoisotopic (exact) mass is 308 g/mol. The number of carbonyl (C=O) groups excluding carboxylic acids is 2. The summed E-state index contributed by atoms with van der Waals surface area (Å²) in [5.41, 5.74) is 0.982. The molecule has 1 aliphatic heterocycles. The van der Waals surface area contributed by atoms with E-state index in [4.69, 9.17) is 5.11 Å². The summed E-state index contributed by atoms with van der Waals surface area (Å²) < 4.78 is 14.0. The first kappa shape index (κ1) is 16.4. The Bertz CT molecular complexity index is 573. The summed E-state index contributed by atoms with van der Waals surface area (Å²) in [6, 6.07) is 4.35. The molecule has 2 unspecified atom stereocenters. The molecule has 1 aliphatic rings. The molecule has 0 aliphatic carbocycles. The predicted molar refractivity (Wildman–Crippen MR) is 80.9 cm³/mol. The van der Waals surface area contributed by atoms with Crippen LogP contribution in [0.15, 0.2) is 18.2 Å². The summed E-state index contributed by atoms with van der Waals surface area (Å²) in [5.74, 6) is -1.52. The number of nitrogens with zero attached hydrogens (tertiary/aromatic N) is 1. The number of nitrogens with one attached hydrogen (secondary N) is 1. The van der Waals surface area contributed by atoms with Crippen LogP contribution in [-0.2, 0) is 9.59 Å². The Morgan fingerprint density at radius 2 is 2.27 bits per heavy atom. The SMILES string of the molecule is CCC(CO)NC(=O)C1CC(=O)N(c2ccc(C)cc2F)C1. The third kappa shape index (κ3) is 3.44. The average Bonchev–Trinajstić information content (AvgIpc) is 2.86. The highest BCUT2D eigenvalue weighted by Gasteiger charge is 2.36. The highest BCUT2D eigenvalue weighted by molar-refractivity contribution is 6.00. The summed E-state index contributed by atoms with van der Waals surface area (Å²) in [7, 11) is 0. The number of anilines is 1. The molecule has 0 saturated carbocycles. The van der Waals surface area contributed by atoms with Gasteiger partial charge in [0.25, 0.3) is 0 Å². The molecule has 1 heterocycles. The number of aryl methyl sites for hydroxylation is 1. The number of hydrogen-bond donors (Lipinski definition) is 2.